The van der Waals surface area contributed by atoms with Crippen molar-refractivity contribution in [3.8, 4) is 0 Å². The van der Waals surface area contributed by atoms with Gasteiger partial charge in [-0.1, -0.05) is 19.4 Å². The van der Waals surface area contributed by atoms with Crippen LogP contribution in [0, 0.1) is 11.2 Å². The zero-order valence-electron chi connectivity index (χ0n) is 9.76. The average molecular weight is 220 g/mol. The molecule has 0 bridgehead atoms. The Labute approximate surface area is 95.6 Å². The van der Waals surface area contributed by atoms with E-state index in [0.717, 1.165) is 30.5 Å². The maximum Gasteiger partial charge on any atom is 0.129 e. The van der Waals surface area contributed by atoms with E-state index >= 15 is 0 Å². The molecule has 0 aromatic heterocycles. The maximum atomic E-state index is 13.1. The third-order valence-corrected chi connectivity index (χ3v) is 3.19. The second-order valence-electron chi connectivity index (χ2n) is 4.42. The molecule has 1 aliphatic heterocycles. The Morgan fingerprint density at radius 3 is 2.94 bits per heavy atom. The van der Waals surface area contributed by atoms with Crippen molar-refractivity contribution in [3.63, 3.8) is 0 Å². The van der Waals surface area contributed by atoms with Crippen molar-refractivity contribution in [2.24, 2.45) is 0 Å². The van der Waals surface area contributed by atoms with Gasteiger partial charge in [0.05, 0.1) is 0 Å². The van der Waals surface area contributed by atoms with Crippen LogP contribution in [-0.4, -0.2) is 16.8 Å². The minimum absolute atomic E-state index is 0.256. The van der Waals surface area contributed by atoms with Crippen LogP contribution in [0.25, 0.3) is 0 Å². The number of benzene rings is 1. The number of nitrogens with zero attached hydrogens (tertiary/aromatic N) is 1. The zero-order valence-corrected chi connectivity index (χ0v) is 9.76. The van der Waals surface area contributed by atoms with Gasteiger partial charge >= 0.3 is 0 Å². The molecular formula is C13H17FN2. The van der Waals surface area contributed by atoms with E-state index in [9.17, 15) is 4.39 Å². The molecule has 1 atom stereocenters. The molecule has 0 radical (unpaired) electrons. The predicted octanol–water partition coefficient (Wildman–Crippen LogP) is 3.16. The number of amidine groups is 1. The van der Waals surface area contributed by atoms with Gasteiger partial charge in [0.1, 0.15) is 11.7 Å². The van der Waals surface area contributed by atoms with Crippen molar-refractivity contribution in [1.82, 2.24) is 4.90 Å². The van der Waals surface area contributed by atoms with Gasteiger partial charge in [0.15, 0.2) is 0 Å². The number of halogens is 1. The molecule has 1 heterocycles. The minimum atomic E-state index is -0.256. The van der Waals surface area contributed by atoms with Gasteiger partial charge in [-0.05, 0) is 31.0 Å². The summed E-state index contributed by atoms with van der Waals surface area (Å²) in [5.41, 5.74) is 1.82. The first kappa shape index (κ1) is 11.1. The van der Waals surface area contributed by atoms with E-state index in [1.807, 2.05) is 4.90 Å². The fourth-order valence-corrected chi connectivity index (χ4v) is 2.27. The topological polar surface area (TPSA) is 27.1 Å². The molecule has 16 heavy (non-hydrogen) atoms. The normalized spacial score (nSPS) is 16.4. The molecule has 1 unspecified atom stereocenters. The van der Waals surface area contributed by atoms with Gasteiger partial charge in [-0.15, -0.1) is 0 Å². The first-order chi connectivity index (χ1) is 7.63. The summed E-state index contributed by atoms with van der Waals surface area (Å²) in [6, 6.07) is 5.09. The largest absolute Gasteiger partial charge is 0.350 e. The number of hydrogen-bond donors (Lipinski definition) is 1. The lowest BCUT2D eigenvalue weighted by atomic mass is 10.1. The van der Waals surface area contributed by atoms with Crippen LogP contribution in [0.5, 0.6) is 0 Å². The lowest BCUT2D eigenvalue weighted by molar-refractivity contribution is 0.316. The first-order valence-corrected chi connectivity index (χ1v) is 5.77. The standard InChI is InChI=1S/C13H17FN2/c1-3-4-9(2)16-8-10-5-6-11(14)7-12(10)13(16)15/h5-7,9,15H,3-4,8H2,1-2H3. The van der Waals surface area contributed by atoms with Gasteiger partial charge in [0, 0.05) is 18.2 Å². The van der Waals surface area contributed by atoms with Crippen LogP contribution in [-0.2, 0) is 6.54 Å². The Hall–Kier alpha value is -1.38. The highest BCUT2D eigenvalue weighted by Gasteiger charge is 2.27. The monoisotopic (exact) mass is 220 g/mol. The maximum absolute atomic E-state index is 13.1. The summed E-state index contributed by atoms with van der Waals surface area (Å²) in [6.45, 7) is 5.01. The van der Waals surface area contributed by atoms with E-state index in [-0.39, 0.29) is 5.82 Å². The van der Waals surface area contributed by atoms with Gasteiger partial charge in [-0.2, -0.15) is 0 Å². The van der Waals surface area contributed by atoms with Crippen LogP contribution in [0.3, 0.4) is 0 Å². The van der Waals surface area contributed by atoms with Crippen LogP contribution >= 0.6 is 0 Å². The third kappa shape index (κ3) is 1.82. The second kappa shape index (κ2) is 4.24. The van der Waals surface area contributed by atoms with Gasteiger partial charge in [-0.3, -0.25) is 5.41 Å². The summed E-state index contributed by atoms with van der Waals surface area (Å²) >= 11 is 0. The summed E-state index contributed by atoms with van der Waals surface area (Å²) < 4.78 is 13.1. The summed E-state index contributed by atoms with van der Waals surface area (Å²) in [4.78, 5) is 2.05. The molecule has 0 aliphatic carbocycles. The SMILES string of the molecule is CCCC(C)N1Cc2ccc(F)cc2C1=N. The molecule has 1 aromatic carbocycles. The van der Waals surface area contributed by atoms with E-state index in [4.69, 9.17) is 5.41 Å². The van der Waals surface area contributed by atoms with Crippen molar-refractivity contribution in [2.75, 3.05) is 0 Å². The first-order valence-electron chi connectivity index (χ1n) is 5.77. The van der Waals surface area contributed by atoms with Crippen LogP contribution < -0.4 is 0 Å². The van der Waals surface area contributed by atoms with Crippen molar-refractivity contribution in [3.05, 3.63) is 35.1 Å². The predicted molar refractivity (Wildman–Crippen MR) is 63.1 cm³/mol. The molecule has 1 N–H and O–H groups in total. The Morgan fingerprint density at radius 2 is 2.25 bits per heavy atom. The van der Waals surface area contributed by atoms with Crippen molar-refractivity contribution >= 4 is 5.84 Å². The molecule has 2 rings (SSSR count). The Bertz CT molecular complexity index is 414. The molecule has 0 saturated carbocycles. The van der Waals surface area contributed by atoms with Gasteiger partial charge < -0.3 is 4.90 Å². The fourth-order valence-electron chi connectivity index (χ4n) is 2.27. The van der Waals surface area contributed by atoms with E-state index < -0.39 is 0 Å². The Kier molecular flexibility index (Phi) is 2.95. The number of nitrogens with one attached hydrogen (secondary N) is 1. The summed E-state index contributed by atoms with van der Waals surface area (Å²) in [6.07, 6.45) is 2.18. The van der Waals surface area contributed by atoms with Crippen molar-refractivity contribution in [2.45, 2.75) is 39.3 Å². The van der Waals surface area contributed by atoms with E-state index in [2.05, 4.69) is 13.8 Å². The lowest BCUT2D eigenvalue weighted by Crippen LogP contribution is -2.33. The van der Waals surface area contributed by atoms with Crippen LogP contribution in [0.1, 0.15) is 37.8 Å². The highest BCUT2D eigenvalue weighted by molar-refractivity contribution is 6.00. The average Bonchev–Trinajstić information content (AvgIpc) is 2.57. The summed E-state index contributed by atoms with van der Waals surface area (Å²) in [5, 5.41) is 8.05. The summed E-state index contributed by atoms with van der Waals surface area (Å²) in [7, 11) is 0. The second-order valence-corrected chi connectivity index (χ2v) is 4.42. The van der Waals surface area contributed by atoms with E-state index in [1.54, 1.807) is 6.07 Å². The number of rotatable bonds is 3. The van der Waals surface area contributed by atoms with Crippen molar-refractivity contribution < 1.29 is 4.39 Å². The van der Waals surface area contributed by atoms with Crippen LogP contribution in [0.15, 0.2) is 18.2 Å². The molecular weight excluding hydrogens is 203 g/mol. The third-order valence-electron chi connectivity index (χ3n) is 3.19. The zero-order chi connectivity index (χ0) is 11.7. The Balaban J connectivity index is 2.24. The Morgan fingerprint density at radius 1 is 1.50 bits per heavy atom. The molecule has 1 aliphatic rings. The molecule has 0 fully saturated rings. The van der Waals surface area contributed by atoms with Gasteiger partial charge in [-0.25, -0.2) is 4.39 Å². The van der Waals surface area contributed by atoms with Crippen LogP contribution in [0.4, 0.5) is 4.39 Å². The van der Waals surface area contributed by atoms with E-state index in [1.165, 1.54) is 12.1 Å². The van der Waals surface area contributed by atoms with Crippen molar-refractivity contribution in [1.29, 1.82) is 5.41 Å². The fraction of sp³-hybridized carbons (Fsp3) is 0.462. The molecule has 86 valence electrons. The van der Waals surface area contributed by atoms with Crippen LogP contribution in [0.2, 0.25) is 0 Å². The molecule has 0 amide bonds. The quantitative estimate of drug-likeness (QED) is 0.832. The van der Waals surface area contributed by atoms with Gasteiger partial charge in [0.25, 0.3) is 0 Å². The molecule has 2 nitrogen and oxygen atoms in total. The summed E-state index contributed by atoms with van der Waals surface area (Å²) in [5.74, 6) is 0.212. The minimum Gasteiger partial charge on any atom is -0.350 e. The molecule has 3 heteroatoms. The smallest absolute Gasteiger partial charge is 0.129 e. The molecule has 0 spiro atoms. The lowest BCUT2D eigenvalue weighted by Gasteiger charge is -2.25. The van der Waals surface area contributed by atoms with E-state index in [0.29, 0.717) is 11.9 Å². The number of fused-ring (bicyclic) bond motifs is 1. The molecule has 1 aromatic rings. The highest BCUT2D eigenvalue weighted by atomic mass is 19.1. The number of hydrogen-bond acceptors (Lipinski definition) is 1. The molecule has 0 saturated heterocycles. The van der Waals surface area contributed by atoms with Gasteiger partial charge in [0.2, 0.25) is 0 Å². The highest BCUT2D eigenvalue weighted by Crippen LogP contribution is 2.26.